The molecule has 0 aliphatic heterocycles. The number of hydrogen-bond donors (Lipinski definition) is 3. The number of sulfonamides is 1. The fraction of sp³-hybridized carbons (Fsp3) is 0.0833. The molecular weight excluding hydrogens is 344 g/mol. The second-order valence-corrected chi connectivity index (χ2v) is 6.48. The monoisotopic (exact) mass is 356 g/mol. The summed E-state index contributed by atoms with van der Waals surface area (Å²) in [6, 6.07) is 9.33. The summed E-state index contributed by atoms with van der Waals surface area (Å²) in [4.78, 5) is 4.19. The van der Waals surface area contributed by atoms with Crippen LogP contribution >= 0.6 is 15.9 Å². The fourth-order valence-corrected chi connectivity index (χ4v) is 3.21. The second-order valence-electron chi connectivity index (χ2n) is 3.99. The lowest BCUT2D eigenvalue weighted by Gasteiger charge is -2.10. The Labute approximate surface area is 125 Å². The summed E-state index contributed by atoms with van der Waals surface area (Å²) >= 11 is 3.18. The number of nitrogens with one attached hydrogen (secondary N) is 2. The van der Waals surface area contributed by atoms with E-state index in [-0.39, 0.29) is 4.90 Å². The van der Waals surface area contributed by atoms with E-state index >= 15 is 0 Å². The summed E-state index contributed by atoms with van der Waals surface area (Å²) in [5.41, 5.74) is 6.57. The molecule has 0 aliphatic rings. The van der Waals surface area contributed by atoms with Crippen molar-refractivity contribution in [2.24, 2.45) is 0 Å². The van der Waals surface area contributed by atoms with Gasteiger partial charge in [-0.3, -0.25) is 4.72 Å². The van der Waals surface area contributed by atoms with Crippen molar-refractivity contribution in [1.29, 1.82) is 0 Å². The maximum Gasteiger partial charge on any atom is 0.262 e. The molecule has 0 radical (unpaired) electrons. The molecule has 0 bridgehead atoms. The van der Waals surface area contributed by atoms with Crippen LogP contribution in [0.5, 0.6) is 0 Å². The third-order valence-corrected chi connectivity index (χ3v) is 4.26. The molecule has 2 rings (SSSR count). The Bertz CT molecular complexity index is 717. The van der Waals surface area contributed by atoms with Crippen molar-refractivity contribution in [3.8, 4) is 0 Å². The van der Waals surface area contributed by atoms with Crippen molar-refractivity contribution in [1.82, 2.24) is 4.98 Å². The molecule has 106 valence electrons. The summed E-state index contributed by atoms with van der Waals surface area (Å²) < 4.78 is 27.5. The van der Waals surface area contributed by atoms with E-state index in [2.05, 4.69) is 31.0 Å². The highest BCUT2D eigenvalue weighted by molar-refractivity contribution is 9.10. The molecule has 0 saturated carbocycles. The number of pyridine rings is 1. The molecule has 8 heteroatoms. The van der Waals surface area contributed by atoms with Crippen molar-refractivity contribution >= 4 is 43.1 Å². The van der Waals surface area contributed by atoms with E-state index in [0.29, 0.717) is 21.8 Å². The van der Waals surface area contributed by atoms with E-state index < -0.39 is 10.0 Å². The predicted molar refractivity (Wildman–Crippen MR) is 83.1 cm³/mol. The van der Waals surface area contributed by atoms with Gasteiger partial charge in [-0.05, 0) is 46.3 Å². The van der Waals surface area contributed by atoms with Crippen LogP contribution in [0.25, 0.3) is 0 Å². The molecule has 1 aromatic heterocycles. The van der Waals surface area contributed by atoms with E-state index in [0.717, 1.165) is 0 Å². The maximum absolute atomic E-state index is 12.3. The van der Waals surface area contributed by atoms with E-state index in [4.69, 9.17) is 5.73 Å². The number of hydrogen-bond acceptors (Lipinski definition) is 5. The first kappa shape index (κ1) is 14.6. The number of nitrogens with zero attached hydrogens (tertiary/aromatic N) is 1. The van der Waals surface area contributed by atoms with Crippen LogP contribution in [-0.4, -0.2) is 20.4 Å². The SMILES string of the molecule is CNc1cc(S(=O)(=O)Nc2ccc(N)cc2)cc(Br)n1. The van der Waals surface area contributed by atoms with Crippen molar-refractivity contribution in [2.45, 2.75) is 4.90 Å². The normalized spacial score (nSPS) is 11.1. The van der Waals surface area contributed by atoms with Gasteiger partial charge in [0.25, 0.3) is 10.0 Å². The maximum atomic E-state index is 12.3. The lowest BCUT2D eigenvalue weighted by Crippen LogP contribution is -2.13. The van der Waals surface area contributed by atoms with Crippen LogP contribution in [0.3, 0.4) is 0 Å². The first-order valence-corrected chi connectivity index (χ1v) is 7.92. The van der Waals surface area contributed by atoms with Gasteiger partial charge >= 0.3 is 0 Å². The summed E-state index contributed by atoms with van der Waals surface area (Å²) in [6.07, 6.45) is 0. The number of nitrogen functional groups attached to an aromatic ring is 1. The smallest absolute Gasteiger partial charge is 0.262 e. The Kier molecular flexibility index (Phi) is 4.15. The zero-order chi connectivity index (χ0) is 14.8. The first-order valence-electron chi connectivity index (χ1n) is 5.64. The molecule has 4 N–H and O–H groups in total. The minimum atomic E-state index is -3.68. The molecule has 0 unspecified atom stereocenters. The van der Waals surface area contributed by atoms with Gasteiger partial charge in [-0.25, -0.2) is 13.4 Å². The molecule has 1 aromatic carbocycles. The van der Waals surface area contributed by atoms with Crippen LogP contribution in [0.15, 0.2) is 45.9 Å². The Hall–Kier alpha value is -1.80. The molecule has 0 aliphatic carbocycles. The van der Waals surface area contributed by atoms with Gasteiger partial charge in [0.05, 0.1) is 4.90 Å². The van der Waals surface area contributed by atoms with E-state index in [1.165, 1.54) is 12.1 Å². The number of benzene rings is 1. The van der Waals surface area contributed by atoms with Crippen LogP contribution < -0.4 is 15.8 Å². The number of aromatic nitrogens is 1. The van der Waals surface area contributed by atoms with Gasteiger partial charge < -0.3 is 11.1 Å². The molecule has 20 heavy (non-hydrogen) atoms. The predicted octanol–water partition coefficient (Wildman–Crippen LogP) is 2.27. The highest BCUT2D eigenvalue weighted by Gasteiger charge is 2.16. The molecule has 2 aromatic rings. The average molecular weight is 357 g/mol. The van der Waals surface area contributed by atoms with Crippen LogP contribution in [0.4, 0.5) is 17.2 Å². The fourth-order valence-electron chi connectivity index (χ4n) is 1.52. The van der Waals surface area contributed by atoms with Crippen LogP contribution in [0, 0.1) is 0 Å². The third-order valence-electron chi connectivity index (χ3n) is 2.50. The lowest BCUT2D eigenvalue weighted by molar-refractivity contribution is 0.601. The first-order chi connectivity index (χ1) is 9.40. The van der Waals surface area contributed by atoms with Gasteiger partial charge in [-0.15, -0.1) is 0 Å². The van der Waals surface area contributed by atoms with Crippen molar-refractivity contribution in [3.63, 3.8) is 0 Å². The van der Waals surface area contributed by atoms with Gasteiger partial charge in [0.2, 0.25) is 0 Å². The summed E-state index contributed by atoms with van der Waals surface area (Å²) in [7, 11) is -2.02. The lowest BCUT2D eigenvalue weighted by atomic mass is 10.3. The van der Waals surface area contributed by atoms with E-state index in [9.17, 15) is 8.42 Å². The van der Waals surface area contributed by atoms with E-state index in [1.54, 1.807) is 31.3 Å². The van der Waals surface area contributed by atoms with Crippen molar-refractivity contribution in [3.05, 3.63) is 41.0 Å². The Balaban J connectivity index is 2.35. The largest absolute Gasteiger partial charge is 0.399 e. The summed E-state index contributed by atoms with van der Waals surface area (Å²) in [6.45, 7) is 0. The Morgan fingerprint density at radius 3 is 2.45 bits per heavy atom. The van der Waals surface area contributed by atoms with Gasteiger partial charge in [-0.1, -0.05) is 0 Å². The minimum absolute atomic E-state index is 0.112. The van der Waals surface area contributed by atoms with Gasteiger partial charge in [0.1, 0.15) is 10.4 Å². The summed E-state index contributed by atoms with van der Waals surface area (Å²) in [5.74, 6) is 0.456. The van der Waals surface area contributed by atoms with Crippen LogP contribution in [-0.2, 0) is 10.0 Å². The standard InChI is InChI=1S/C12H13BrN4O2S/c1-15-12-7-10(6-11(13)16-12)20(18,19)17-9-4-2-8(14)3-5-9/h2-7,17H,14H2,1H3,(H,15,16). The van der Waals surface area contributed by atoms with Crippen LogP contribution in [0.2, 0.25) is 0 Å². The molecule has 1 heterocycles. The second kappa shape index (κ2) is 5.68. The number of nitrogens with two attached hydrogens (primary N) is 1. The quantitative estimate of drug-likeness (QED) is 0.576. The van der Waals surface area contributed by atoms with Gasteiger partial charge in [-0.2, -0.15) is 0 Å². The highest BCUT2D eigenvalue weighted by atomic mass is 79.9. The molecular formula is C12H13BrN4O2S. The number of halogens is 1. The Morgan fingerprint density at radius 1 is 1.20 bits per heavy atom. The molecule has 0 amide bonds. The highest BCUT2D eigenvalue weighted by Crippen LogP contribution is 2.22. The van der Waals surface area contributed by atoms with Gasteiger partial charge in [0, 0.05) is 24.5 Å². The minimum Gasteiger partial charge on any atom is -0.399 e. The van der Waals surface area contributed by atoms with Crippen LogP contribution in [0.1, 0.15) is 0 Å². The Morgan fingerprint density at radius 2 is 1.85 bits per heavy atom. The number of anilines is 3. The zero-order valence-corrected chi connectivity index (χ0v) is 13.0. The third kappa shape index (κ3) is 3.40. The van der Waals surface area contributed by atoms with Crippen molar-refractivity contribution < 1.29 is 8.42 Å². The summed E-state index contributed by atoms with van der Waals surface area (Å²) in [5, 5.41) is 2.80. The van der Waals surface area contributed by atoms with Gasteiger partial charge in [0.15, 0.2) is 0 Å². The average Bonchev–Trinajstić information content (AvgIpc) is 2.40. The van der Waals surface area contributed by atoms with E-state index in [1.807, 2.05) is 0 Å². The van der Waals surface area contributed by atoms with Crippen molar-refractivity contribution in [2.75, 3.05) is 22.8 Å². The topological polar surface area (TPSA) is 97.1 Å². The number of rotatable bonds is 4. The molecule has 0 fully saturated rings. The molecule has 0 atom stereocenters. The molecule has 0 saturated heterocycles. The molecule has 0 spiro atoms. The zero-order valence-electron chi connectivity index (χ0n) is 10.6. The molecule has 6 nitrogen and oxygen atoms in total.